The predicted molar refractivity (Wildman–Crippen MR) is 50.5 cm³/mol. The molecule has 0 amide bonds. The second-order valence-corrected chi connectivity index (χ2v) is 2.98. The molecule has 1 radical (unpaired) electrons. The Kier molecular flexibility index (Phi) is 3.15. The molecular weight excluding hydrogens is 148 g/mol. The molecule has 0 aliphatic carbocycles. The van der Waals surface area contributed by atoms with Crippen LogP contribution >= 0.6 is 0 Å². The van der Waals surface area contributed by atoms with E-state index in [1.807, 2.05) is 12.1 Å². The summed E-state index contributed by atoms with van der Waals surface area (Å²) in [5.74, 6) is 1.52. The minimum atomic E-state index is 0.564. The van der Waals surface area contributed by atoms with Crippen LogP contribution in [0.4, 0.5) is 0 Å². The third-order valence-electron chi connectivity index (χ3n) is 2.22. The molecule has 1 unspecified atom stereocenters. The number of hydrogen-bond acceptors (Lipinski definition) is 1. The van der Waals surface area contributed by atoms with Gasteiger partial charge in [-0.05, 0) is 30.0 Å². The van der Waals surface area contributed by atoms with E-state index in [-0.39, 0.29) is 0 Å². The number of hydrogen-bond donors (Lipinski definition) is 0. The molecule has 0 aliphatic heterocycles. The molecule has 0 saturated carbocycles. The largest absolute Gasteiger partial charge is 0.496 e. The van der Waals surface area contributed by atoms with E-state index in [9.17, 15) is 0 Å². The second-order valence-electron chi connectivity index (χ2n) is 2.98. The highest BCUT2D eigenvalue weighted by Crippen LogP contribution is 2.27. The van der Waals surface area contributed by atoms with Crippen LogP contribution in [0.2, 0.25) is 0 Å². The van der Waals surface area contributed by atoms with Gasteiger partial charge in [-0.2, -0.15) is 0 Å². The summed E-state index contributed by atoms with van der Waals surface area (Å²) in [5, 5.41) is 0. The van der Waals surface area contributed by atoms with Gasteiger partial charge in [-0.25, -0.2) is 0 Å². The van der Waals surface area contributed by atoms with E-state index in [2.05, 4.69) is 26.0 Å². The van der Waals surface area contributed by atoms with Crippen LogP contribution in [0.1, 0.15) is 31.7 Å². The quantitative estimate of drug-likeness (QED) is 0.665. The molecule has 1 nitrogen and oxygen atoms in total. The first-order chi connectivity index (χ1) is 5.79. The number of ether oxygens (including phenoxy) is 1. The van der Waals surface area contributed by atoms with Gasteiger partial charge < -0.3 is 4.74 Å². The highest BCUT2D eigenvalue weighted by atomic mass is 16.5. The third kappa shape index (κ3) is 1.79. The summed E-state index contributed by atoms with van der Waals surface area (Å²) >= 11 is 0. The summed E-state index contributed by atoms with van der Waals surface area (Å²) in [6, 6.07) is 8.91. The number of benzene rings is 1. The standard InChI is InChI=1S/C11H15O/c1-4-9(2)10-7-5-6-8-11(10)12-3/h5,7-9H,4H2,1-3H3. The lowest BCUT2D eigenvalue weighted by Gasteiger charge is -2.12. The van der Waals surface area contributed by atoms with Crippen LogP contribution in [0.15, 0.2) is 18.2 Å². The van der Waals surface area contributed by atoms with Gasteiger partial charge in [-0.1, -0.05) is 26.0 Å². The first kappa shape index (κ1) is 9.11. The molecule has 0 bridgehead atoms. The fraction of sp³-hybridized carbons (Fsp3) is 0.455. The zero-order valence-corrected chi connectivity index (χ0v) is 7.92. The summed E-state index contributed by atoms with van der Waals surface area (Å²) in [5.41, 5.74) is 1.28. The van der Waals surface area contributed by atoms with Crippen molar-refractivity contribution < 1.29 is 4.74 Å². The average Bonchev–Trinajstić information content (AvgIpc) is 2.16. The van der Waals surface area contributed by atoms with E-state index in [1.165, 1.54) is 5.56 Å². The molecule has 1 aromatic carbocycles. The lowest BCUT2D eigenvalue weighted by molar-refractivity contribution is 0.406. The molecule has 65 valence electrons. The van der Waals surface area contributed by atoms with Gasteiger partial charge in [0, 0.05) is 0 Å². The normalized spacial score (nSPS) is 12.6. The Morgan fingerprint density at radius 2 is 2.33 bits per heavy atom. The van der Waals surface area contributed by atoms with E-state index in [1.54, 1.807) is 7.11 Å². The summed E-state index contributed by atoms with van der Waals surface area (Å²) in [6.45, 7) is 4.39. The zero-order chi connectivity index (χ0) is 8.97. The van der Waals surface area contributed by atoms with Crippen LogP contribution in [0.25, 0.3) is 0 Å². The molecule has 0 N–H and O–H groups in total. The summed E-state index contributed by atoms with van der Waals surface area (Å²) in [7, 11) is 1.70. The molecule has 0 heterocycles. The number of rotatable bonds is 3. The Hall–Kier alpha value is -0.980. The smallest absolute Gasteiger partial charge is 0.122 e. The van der Waals surface area contributed by atoms with Crippen LogP contribution in [0.3, 0.4) is 0 Å². The van der Waals surface area contributed by atoms with Crippen molar-refractivity contribution in [1.29, 1.82) is 0 Å². The minimum Gasteiger partial charge on any atom is -0.496 e. The highest BCUT2D eigenvalue weighted by molar-refractivity contribution is 5.35. The Morgan fingerprint density at radius 1 is 1.58 bits per heavy atom. The first-order valence-corrected chi connectivity index (χ1v) is 4.33. The van der Waals surface area contributed by atoms with Crippen LogP contribution < -0.4 is 4.74 Å². The van der Waals surface area contributed by atoms with Crippen molar-refractivity contribution in [2.24, 2.45) is 0 Å². The Balaban J connectivity index is 2.96. The Morgan fingerprint density at radius 3 is 2.92 bits per heavy atom. The first-order valence-electron chi connectivity index (χ1n) is 4.33. The molecule has 1 rings (SSSR count). The van der Waals surface area contributed by atoms with E-state index < -0.39 is 0 Å². The Bertz CT molecular complexity index is 243. The summed E-state index contributed by atoms with van der Waals surface area (Å²) in [4.78, 5) is 0. The second kappa shape index (κ2) is 4.15. The van der Waals surface area contributed by atoms with Gasteiger partial charge in [-0.3, -0.25) is 0 Å². The molecule has 1 heteroatoms. The van der Waals surface area contributed by atoms with Gasteiger partial charge >= 0.3 is 0 Å². The molecule has 0 saturated heterocycles. The van der Waals surface area contributed by atoms with Gasteiger partial charge in [0.1, 0.15) is 5.75 Å². The number of methoxy groups -OCH3 is 1. The van der Waals surface area contributed by atoms with Gasteiger partial charge in [0.15, 0.2) is 0 Å². The summed E-state index contributed by atoms with van der Waals surface area (Å²) in [6.07, 6.45) is 1.14. The molecule has 0 spiro atoms. The minimum absolute atomic E-state index is 0.564. The van der Waals surface area contributed by atoms with Crippen molar-refractivity contribution >= 4 is 0 Å². The van der Waals surface area contributed by atoms with Crippen LogP contribution in [-0.4, -0.2) is 7.11 Å². The zero-order valence-electron chi connectivity index (χ0n) is 7.92. The van der Waals surface area contributed by atoms with Gasteiger partial charge in [0.05, 0.1) is 7.11 Å². The monoisotopic (exact) mass is 163 g/mol. The maximum Gasteiger partial charge on any atom is 0.122 e. The van der Waals surface area contributed by atoms with Crippen molar-refractivity contribution in [2.45, 2.75) is 26.2 Å². The van der Waals surface area contributed by atoms with Crippen molar-refractivity contribution in [1.82, 2.24) is 0 Å². The third-order valence-corrected chi connectivity index (χ3v) is 2.22. The molecule has 1 atom stereocenters. The lowest BCUT2D eigenvalue weighted by Crippen LogP contribution is -1.95. The topological polar surface area (TPSA) is 9.23 Å². The van der Waals surface area contributed by atoms with Crippen LogP contribution in [0.5, 0.6) is 5.75 Å². The van der Waals surface area contributed by atoms with Crippen molar-refractivity contribution in [3.05, 3.63) is 29.8 Å². The molecular formula is C11H15O. The molecule has 0 aliphatic rings. The SMILES string of the molecule is CCC(C)c1cc[c]cc1OC. The van der Waals surface area contributed by atoms with Gasteiger partial charge in [0.25, 0.3) is 0 Å². The molecule has 0 fully saturated rings. The lowest BCUT2D eigenvalue weighted by atomic mass is 9.98. The molecule has 12 heavy (non-hydrogen) atoms. The van der Waals surface area contributed by atoms with Gasteiger partial charge in [0.2, 0.25) is 0 Å². The van der Waals surface area contributed by atoms with Gasteiger partial charge in [-0.15, -0.1) is 0 Å². The fourth-order valence-electron chi connectivity index (χ4n) is 1.23. The maximum absolute atomic E-state index is 5.24. The predicted octanol–water partition coefficient (Wildman–Crippen LogP) is 3.01. The van der Waals surface area contributed by atoms with E-state index in [0.29, 0.717) is 5.92 Å². The highest BCUT2D eigenvalue weighted by Gasteiger charge is 2.07. The maximum atomic E-state index is 5.24. The average molecular weight is 163 g/mol. The van der Waals surface area contributed by atoms with Crippen molar-refractivity contribution in [2.75, 3.05) is 7.11 Å². The van der Waals surface area contributed by atoms with Crippen LogP contribution in [0, 0.1) is 6.07 Å². The van der Waals surface area contributed by atoms with E-state index in [4.69, 9.17) is 4.74 Å². The van der Waals surface area contributed by atoms with Crippen molar-refractivity contribution in [3.63, 3.8) is 0 Å². The Labute approximate surface area is 74.4 Å². The van der Waals surface area contributed by atoms with Crippen LogP contribution in [-0.2, 0) is 0 Å². The summed E-state index contributed by atoms with van der Waals surface area (Å²) < 4.78 is 5.24. The molecule has 0 aromatic heterocycles. The van der Waals surface area contributed by atoms with E-state index >= 15 is 0 Å². The molecule has 1 aromatic rings. The van der Waals surface area contributed by atoms with E-state index in [0.717, 1.165) is 12.2 Å². The fourth-order valence-corrected chi connectivity index (χ4v) is 1.23. The van der Waals surface area contributed by atoms with Crippen molar-refractivity contribution in [3.8, 4) is 5.75 Å².